The molecule has 2 N–H and O–H groups in total. The number of rotatable bonds is 3. The summed E-state index contributed by atoms with van der Waals surface area (Å²) < 4.78 is 34.7. The molecule has 1 aromatic carbocycles. The second-order valence-corrected chi connectivity index (χ2v) is 6.73. The van der Waals surface area contributed by atoms with E-state index in [1.165, 1.54) is 18.2 Å². The summed E-state index contributed by atoms with van der Waals surface area (Å²) in [6, 6.07) is 4.16. The Morgan fingerprint density at radius 1 is 1.43 bits per heavy atom. The van der Waals surface area contributed by atoms with Crippen molar-refractivity contribution < 1.29 is 23.4 Å². The minimum Gasteiger partial charge on any atom is -0.465 e. The van der Waals surface area contributed by atoms with Gasteiger partial charge in [-0.25, -0.2) is 8.78 Å². The molecule has 1 aliphatic carbocycles. The van der Waals surface area contributed by atoms with Gasteiger partial charge in [0.1, 0.15) is 0 Å². The van der Waals surface area contributed by atoms with Crippen LogP contribution in [0.25, 0.3) is 0 Å². The zero-order valence-corrected chi connectivity index (χ0v) is 13.7. The van der Waals surface area contributed by atoms with Gasteiger partial charge in [0, 0.05) is 6.54 Å². The van der Waals surface area contributed by atoms with Gasteiger partial charge in [0.2, 0.25) is 0 Å². The van der Waals surface area contributed by atoms with E-state index in [1.54, 1.807) is 6.92 Å². The number of ether oxygens (including phenoxy) is 1. The molecule has 3 rings (SSSR count). The van der Waals surface area contributed by atoms with Crippen LogP contribution < -0.4 is 5.32 Å². The van der Waals surface area contributed by atoms with E-state index in [9.17, 15) is 18.7 Å². The lowest BCUT2D eigenvalue weighted by atomic mass is 9.77. The van der Waals surface area contributed by atoms with Crippen molar-refractivity contribution >= 4 is 29.2 Å². The average molecular weight is 366 g/mol. The molecule has 1 aliphatic heterocycles. The van der Waals surface area contributed by atoms with Crippen molar-refractivity contribution in [3.05, 3.63) is 33.8 Å². The number of halogens is 4. The highest BCUT2D eigenvalue weighted by molar-refractivity contribution is 6.42. The number of alkyl halides is 2. The molecule has 1 unspecified atom stereocenters. The fourth-order valence-electron chi connectivity index (χ4n) is 3.61. The first-order valence-electron chi connectivity index (χ1n) is 7.15. The van der Waals surface area contributed by atoms with Crippen molar-refractivity contribution in [2.24, 2.45) is 5.41 Å². The summed E-state index contributed by atoms with van der Waals surface area (Å²) in [5, 5.41) is 12.4. The van der Waals surface area contributed by atoms with Crippen LogP contribution in [-0.4, -0.2) is 36.4 Å². The maximum Gasteiger partial charge on any atom is 0.314 e. The molecule has 3 atom stereocenters. The largest absolute Gasteiger partial charge is 0.465 e. The maximum atomic E-state index is 14.9. The predicted octanol–water partition coefficient (Wildman–Crippen LogP) is 2.74. The minimum atomic E-state index is -3.56. The molecule has 2 fully saturated rings. The fourth-order valence-corrected chi connectivity index (χ4v) is 3.91. The number of aliphatic hydroxyl groups excluding tert-OH is 1. The second-order valence-electron chi connectivity index (χ2n) is 5.92. The van der Waals surface area contributed by atoms with Gasteiger partial charge in [-0.15, -0.1) is 0 Å². The number of benzene rings is 1. The molecule has 2 aliphatic rings. The topological polar surface area (TPSA) is 58.6 Å². The van der Waals surface area contributed by atoms with Crippen LogP contribution in [0.1, 0.15) is 18.9 Å². The molecule has 23 heavy (non-hydrogen) atoms. The lowest BCUT2D eigenvalue weighted by Gasteiger charge is -2.40. The van der Waals surface area contributed by atoms with Crippen LogP contribution in [0.5, 0.6) is 0 Å². The van der Waals surface area contributed by atoms with Gasteiger partial charge in [-0.2, -0.15) is 0 Å². The monoisotopic (exact) mass is 365 g/mol. The third-order valence-electron chi connectivity index (χ3n) is 4.85. The van der Waals surface area contributed by atoms with E-state index >= 15 is 0 Å². The normalized spacial score (nSPS) is 34.6. The lowest BCUT2D eigenvalue weighted by molar-refractivity contribution is -0.185. The lowest BCUT2D eigenvalue weighted by Crippen LogP contribution is -2.62. The van der Waals surface area contributed by atoms with Crippen molar-refractivity contribution in [1.82, 2.24) is 5.32 Å². The Morgan fingerprint density at radius 2 is 2.13 bits per heavy atom. The Bertz CT molecular complexity index is 672. The van der Waals surface area contributed by atoms with Crippen molar-refractivity contribution in [3.8, 4) is 0 Å². The van der Waals surface area contributed by atoms with Gasteiger partial charge in [0.15, 0.2) is 6.23 Å². The van der Waals surface area contributed by atoms with Gasteiger partial charge < -0.3 is 9.84 Å². The van der Waals surface area contributed by atoms with E-state index in [2.05, 4.69) is 5.32 Å². The van der Waals surface area contributed by atoms with Gasteiger partial charge in [-0.05, 0) is 31.0 Å². The molecule has 1 heterocycles. The number of fused-ring (bicyclic) bond motifs is 1. The first-order chi connectivity index (χ1) is 10.7. The summed E-state index contributed by atoms with van der Waals surface area (Å²) in [4.78, 5) is 12.4. The molecular formula is C15H15Cl2F2NO3. The Morgan fingerprint density at radius 3 is 2.74 bits per heavy atom. The van der Waals surface area contributed by atoms with Crippen molar-refractivity contribution in [2.45, 2.75) is 30.9 Å². The number of esters is 1. The summed E-state index contributed by atoms with van der Waals surface area (Å²) in [5.41, 5.74) is -3.11. The SMILES string of the molecule is CCOC(=O)[C@]12CNC(O)C(F)(F)[C@@]1(c1ccc(Cl)c(Cl)c1)C2. The van der Waals surface area contributed by atoms with Crippen molar-refractivity contribution in [3.63, 3.8) is 0 Å². The summed E-state index contributed by atoms with van der Waals surface area (Å²) in [7, 11) is 0. The van der Waals surface area contributed by atoms with Crippen LogP contribution in [0.3, 0.4) is 0 Å². The third-order valence-corrected chi connectivity index (χ3v) is 5.59. The molecule has 0 spiro atoms. The number of carbonyl (C=O) groups excluding carboxylic acids is 1. The van der Waals surface area contributed by atoms with Crippen LogP contribution in [0, 0.1) is 5.41 Å². The molecule has 1 aromatic rings. The van der Waals surface area contributed by atoms with Crippen molar-refractivity contribution in [2.75, 3.05) is 13.2 Å². The zero-order chi connectivity index (χ0) is 17.0. The summed E-state index contributed by atoms with van der Waals surface area (Å²) in [6.45, 7) is 1.61. The molecule has 0 aromatic heterocycles. The van der Waals surface area contributed by atoms with Crippen molar-refractivity contribution in [1.29, 1.82) is 0 Å². The molecule has 1 saturated carbocycles. The summed E-state index contributed by atoms with van der Waals surface area (Å²) in [6.07, 6.45) is -2.18. The number of hydrogen-bond acceptors (Lipinski definition) is 4. The highest BCUT2D eigenvalue weighted by Crippen LogP contribution is 2.73. The molecule has 0 radical (unpaired) electrons. The molecular weight excluding hydrogens is 351 g/mol. The van der Waals surface area contributed by atoms with E-state index < -0.39 is 28.9 Å². The number of nitrogens with one attached hydrogen (secondary N) is 1. The van der Waals surface area contributed by atoms with Crippen LogP contribution in [-0.2, 0) is 14.9 Å². The van der Waals surface area contributed by atoms with Crippen LogP contribution in [0.15, 0.2) is 18.2 Å². The quantitative estimate of drug-likeness (QED) is 0.808. The maximum absolute atomic E-state index is 14.9. The standard InChI is InChI=1S/C15H15Cl2F2NO3/c1-2-23-12(22)13-6-14(13,15(18,19)11(21)20-7-13)8-3-4-9(16)10(17)5-8/h3-5,11,20-21H,2,6-7H2,1H3/t11?,13-,14+/m0/s1. The summed E-state index contributed by atoms with van der Waals surface area (Å²) >= 11 is 11.8. The first-order valence-corrected chi connectivity index (χ1v) is 7.90. The number of carbonyl (C=O) groups is 1. The van der Waals surface area contributed by atoms with Crippen LogP contribution in [0.2, 0.25) is 10.0 Å². The smallest absolute Gasteiger partial charge is 0.314 e. The molecule has 0 bridgehead atoms. The minimum absolute atomic E-state index is 0.0894. The molecule has 4 nitrogen and oxygen atoms in total. The number of hydrogen-bond donors (Lipinski definition) is 2. The number of piperidine rings is 1. The fraction of sp³-hybridized carbons (Fsp3) is 0.533. The van der Waals surface area contributed by atoms with Gasteiger partial charge in [0.25, 0.3) is 5.92 Å². The highest BCUT2D eigenvalue weighted by Gasteiger charge is 2.86. The molecule has 0 amide bonds. The zero-order valence-electron chi connectivity index (χ0n) is 12.2. The number of aliphatic hydroxyl groups is 1. The van der Waals surface area contributed by atoms with Crippen LogP contribution in [0.4, 0.5) is 8.78 Å². The van der Waals surface area contributed by atoms with E-state index in [0.717, 1.165) is 0 Å². The van der Waals surface area contributed by atoms with E-state index in [-0.39, 0.29) is 35.2 Å². The van der Waals surface area contributed by atoms with Gasteiger partial charge in [0.05, 0.1) is 27.5 Å². The first kappa shape index (κ1) is 16.9. The van der Waals surface area contributed by atoms with E-state index in [4.69, 9.17) is 27.9 Å². The van der Waals surface area contributed by atoms with Crippen LogP contribution >= 0.6 is 23.2 Å². The summed E-state index contributed by atoms with van der Waals surface area (Å²) in [5.74, 6) is -4.26. The van der Waals surface area contributed by atoms with Gasteiger partial charge >= 0.3 is 5.97 Å². The Kier molecular flexibility index (Phi) is 3.87. The Labute approximate surface area is 141 Å². The highest BCUT2D eigenvalue weighted by atomic mass is 35.5. The Balaban J connectivity index is 2.14. The van der Waals surface area contributed by atoms with E-state index in [0.29, 0.717) is 0 Å². The second kappa shape index (κ2) is 5.28. The average Bonchev–Trinajstić information content (AvgIpc) is 3.20. The molecule has 1 saturated heterocycles. The van der Waals surface area contributed by atoms with Gasteiger partial charge in [-0.1, -0.05) is 29.3 Å². The molecule has 126 valence electrons. The third kappa shape index (κ3) is 2.05. The van der Waals surface area contributed by atoms with Gasteiger partial charge in [-0.3, -0.25) is 10.1 Å². The molecule has 8 heteroatoms. The predicted molar refractivity (Wildman–Crippen MR) is 80.8 cm³/mol. The van der Waals surface area contributed by atoms with E-state index in [1.807, 2.05) is 0 Å². The Hall–Kier alpha value is -0.950.